The normalized spacial score (nSPS) is 53.3. The number of allylic oxidation sites excluding steroid dienone is 2. The fourth-order valence-electron chi connectivity index (χ4n) is 13.5. The first-order valence-corrected chi connectivity index (χ1v) is 21.0. The third kappa shape index (κ3) is 6.30. The molecule has 7 rings (SSSR count). The van der Waals surface area contributed by atoms with E-state index in [-0.39, 0.29) is 34.0 Å². The van der Waals surface area contributed by atoms with E-state index in [0.29, 0.717) is 44.9 Å². The number of ether oxygens (including phenoxy) is 4. The summed E-state index contributed by atoms with van der Waals surface area (Å²) in [5.74, 6) is -1.98. The number of carboxylic acids is 1. The van der Waals surface area contributed by atoms with Crippen molar-refractivity contribution < 1.29 is 74.5 Å². The fourth-order valence-corrected chi connectivity index (χ4v) is 13.5. The Balaban J connectivity index is 1.19. The summed E-state index contributed by atoms with van der Waals surface area (Å²) in [7, 11) is 0. The highest BCUT2D eigenvalue weighted by atomic mass is 16.7. The van der Waals surface area contributed by atoms with Gasteiger partial charge in [0.1, 0.15) is 48.8 Å². The minimum atomic E-state index is -1.70. The Morgan fingerprint density at radius 2 is 1.30 bits per heavy atom. The molecule has 15 nitrogen and oxygen atoms in total. The third-order valence-electron chi connectivity index (χ3n) is 17.3. The molecule has 0 spiro atoms. The van der Waals surface area contributed by atoms with Gasteiger partial charge in [0.25, 0.3) is 0 Å². The van der Waals surface area contributed by atoms with Crippen molar-refractivity contribution in [3.63, 3.8) is 0 Å². The molecule has 0 amide bonds. The number of carbonyl (C=O) groups is 2. The van der Waals surface area contributed by atoms with Gasteiger partial charge < -0.3 is 64.9 Å². The molecule has 9 N–H and O–H groups in total. The standard InChI is InChI=1S/C42H66O15/c1-37(2)13-15-42(36(53)57-34-32(50)30(48)28(46)23(19-44)55-34)16-14-39(4)20(21(42)17-37)7-8-24-38(3)11-10-26(41(6,35(51)52)25(38)9-12-40(24,39)5)56-33-31(49)29(47)27(45)22(18-43)54-33/h7,21-34,43-50H,8-19H2,1-6H3,(H,51,52)/t21?,22-,23-,24-,25-,26+,27-,28-,29+,30+,31-,32-,33+,34+,38-,39-,40-,41+,42+/m1/s1. The van der Waals surface area contributed by atoms with E-state index in [1.807, 2.05) is 0 Å². The van der Waals surface area contributed by atoms with Gasteiger partial charge in [0.2, 0.25) is 6.29 Å². The van der Waals surface area contributed by atoms with Crippen molar-refractivity contribution in [2.24, 2.45) is 50.2 Å². The van der Waals surface area contributed by atoms with E-state index in [4.69, 9.17) is 18.9 Å². The first-order valence-electron chi connectivity index (χ1n) is 21.0. The number of hydrogen-bond donors (Lipinski definition) is 9. The van der Waals surface area contributed by atoms with Gasteiger partial charge in [-0.3, -0.25) is 9.59 Å². The number of aliphatic hydroxyl groups is 8. The summed E-state index contributed by atoms with van der Waals surface area (Å²) in [4.78, 5) is 28.1. The number of carbonyl (C=O) groups excluding carboxylic acids is 1. The van der Waals surface area contributed by atoms with Crippen molar-refractivity contribution in [3.05, 3.63) is 11.6 Å². The van der Waals surface area contributed by atoms with Crippen LogP contribution in [0.4, 0.5) is 0 Å². The van der Waals surface area contributed by atoms with Gasteiger partial charge in [0.05, 0.1) is 30.1 Å². The number of fused-ring (bicyclic) bond motifs is 7. The molecule has 0 aromatic heterocycles. The molecule has 57 heavy (non-hydrogen) atoms. The topological polar surface area (TPSA) is 253 Å². The quantitative estimate of drug-likeness (QED) is 0.100. The van der Waals surface area contributed by atoms with Gasteiger partial charge in [0.15, 0.2) is 6.29 Å². The molecule has 19 atom stereocenters. The monoisotopic (exact) mass is 810 g/mol. The zero-order valence-electron chi connectivity index (χ0n) is 34.1. The van der Waals surface area contributed by atoms with Crippen molar-refractivity contribution in [1.82, 2.24) is 0 Å². The SMILES string of the molecule is CC1(C)CC[C@]2(C(=O)O[C@@H]3O[C@H](CO)[C@@H](O)[C@H](O)[C@H]3O)CC[C@]3(C)C(=CC[C@@H]4[C@@]5(C)CC[C@H](O[C@@H]6O[C@H](CO)[C@@H](O)[C@H](O)[C@H]6O)[C@@](C)(C(=O)O)[C@@H]5CC[C@]43C)C2C1. The summed E-state index contributed by atoms with van der Waals surface area (Å²) in [6, 6.07) is 0. The number of rotatable bonds is 7. The number of aliphatic hydroxyl groups excluding tert-OH is 8. The molecule has 6 fully saturated rings. The van der Waals surface area contributed by atoms with E-state index >= 15 is 0 Å². The molecule has 4 saturated carbocycles. The van der Waals surface area contributed by atoms with Crippen LogP contribution < -0.4 is 0 Å². The lowest BCUT2D eigenvalue weighted by Crippen LogP contribution is -2.67. The number of hydrogen-bond acceptors (Lipinski definition) is 14. The van der Waals surface area contributed by atoms with E-state index in [1.54, 1.807) is 6.92 Å². The second-order valence-electron chi connectivity index (χ2n) is 20.4. The van der Waals surface area contributed by atoms with Gasteiger partial charge in [-0.05, 0) is 111 Å². The van der Waals surface area contributed by atoms with Crippen LogP contribution >= 0.6 is 0 Å². The van der Waals surface area contributed by atoms with E-state index in [2.05, 4.69) is 40.7 Å². The van der Waals surface area contributed by atoms with Crippen molar-refractivity contribution in [1.29, 1.82) is 0 Å². The van der Waals surface area contributed by atoms with Crippen molar-refractivity contribution >= 4 is 11.9 Å². The fraction of sp³-hybridized carbons (Fsp3) is 0.905. The Hall–Kier alpha value is -1.76. The number of esters is 1. The molecule has 15 heteroatoms. The molecule has 324 valence electrons. The molecule has 5 aliphatic carbocycles. The van der Waals surface area contributed by atoms with Gasteiger partial charge in [-0.25, -0.2) is 0 Å². The Morgan fingerprint density at radius 3 is 1.89 bits per heavy atom. The molecular weight excluding hydrogens is 744 g/mol. The van der Waals surface area contributed by atoms with Crippen LogP contribution in [0.1, 0.15) is 106 Å². The van der Waals surface area contributed by atoms with Gasteiger partial charge in [0, 0.05) is 0 Å². The van der Waals surface area contributed by atoms with E-state index in [1.165, 1.54) is 5.57 Å². The average molecular weight is 811 g/mol. The van der Waals surface area contributed by atoms with Gasteiger partial charge >= 0.3 is 11.9 Å². The maximum absolute atomic E-state index is 14.6. The minimum Gasteiger partial charge on any atom is -0.481 e. The summed E-state index contributed by atoms with van der Waals surface area (Å²) in [6.07, 6.45) is -7.58. The maximum atomic E-state index is 14.6. The molecule has 2 saturated heterocycles. The van der Waals surface area contributed by atoms with E-state index in [9.17, 15) is 55.5 Å². The number of carboxylic acid groups (broad SMARTS) is 1. The smallest absolute Gasteiger partial charge is 0.315 e. The van der Waals surface area contributed by atoms with Crippen molar-refractivity contribution in [3.8, 4) is 0 Å². The lowest BCUT2D eigenvalue weighted by molar-refractivity contribution is -0.329. The highest BCUT2D eigenvalue weighted by molar-refractivity contribution is 5.79. The average Bonchev–Trinajstić information content (AvgIpc) is 3.16. The number of aliphatic carboxylic acids is 1. The zero-order chi connectivity index (χ0) is 41.8. The van der Waals surface area contributed by atoms with Crippen LogP contribution in [-0.2, 0) is 28.5 Å². The summed E-state index contributed by atoms with van der Waals surface area (Å²) in [6.45, 7) is 11.7. The lowest BCUT2D eigenvalue weighted by atomic mass is 9.33. The molecule has 2 aliphatic heterocycles. The molecule has 2 heterocycles. The predicted octanol–water partition coefficient (Wildman–Crippen LogP) is 1.38. The largest absolute Gasteiger partial charge is 0.481 e. The molecule has 0 bridgehead atoms. The second-order valence-corrected chi connectivity index (χ2v) is 20.4. The first kappa shape index (κ1) is 43.3. The molecule has 0 aromatic carbocycles. The molecule has 0 aromatic rings. The highest BCUT2D eigenvalue weighted by Crippen LogP contribution is 2.76. The predicted molar refractivity (Wildman–Crippen MR) is 200 cm³/mol. The van der Waals surface area contributed by atoms with Crippen LogP contribution in [0.2, 0.25) is 0 Å². The Bertz CT molecular complexity index is 1580. The molecule has 1 unspecified atom stereocenters. The highest BCUT2D eigenvalue weighted by Gasteiger charge is 2.71. The van der Waals surface area contributed by atoms with E-state index in [0.717, 1.165) is 19.3 Å². The summed E-state index contributed by atoms with van der Waals surface area (Å²) < 4.78 is 23.5. The molecular formula is C42H66O15. The Kier molecular flexibility index (Phi) is 11.2. The van der Waals surface area contributed by atoms with E-state index < -0.39 is 109 Å². The van der Waals surface area contributed by atoms with Crippen molar-refractivity contribution in [2.75, 3.05) is 13.2 Å². The zero-order valence-corrected chi connectivity index (χ0v) is 34.1. The lowest BCUT2D eigenvalue weighted by Gasteiger charge is -2.71. The molecule has 7 aliphatic rings. The second kappa shape index (κ2) is 14.7. The van der Waals surface area contributed by atoms with Crippen LogP contribution in [-0.4, -0.2) is 139 Å². The van der Waals surface area contributed by atoms with Crippen LogP contribution in [0.3, 0.4) is 0 Å². The molecule has 0 radical (unpaired) electrons. The van der Waals surface area contributed by atoms with Gasteiger partial charge in [-0.2, -0.15) is 0 Å². The minimum absolute atomic E-state index is 0.0783. The van der Waals surface area contributed by atoms with Gasteiger partial charge in [-0.15, -0.1) is 0 Å². The third-order valence-corrected chi connectivity index (χ3v) is 17.3. The maximum Gasteiger partial charge on any atom is 0.315 e. The first-order chi connectivity index (χ1) is 26.6. The van der Waals surface area contributed by atoms with Crippen LogP contribution in [0, 0.1) is 50.2 Å². The van der Waals surface area contributed by atoms with Crippen LogP contribution in [0.15, 0.2) is 11.6 Å². The van der Waals surface area contributed by atoms with Crippen molar-refractivity contribution in [2.45, 2.75) is 173 Å². The van der Waals surface area contributed by atoms with Crippen LogP contribution in [0.5, 0.6) is 0 Å². The summed E-state index contributed by atoms with van der Waals surface area (Å²) in [5, 5.41) is 93.7. The summed E-state index contributed by atoms with van der Waals surface area (Å²) in [5.41, 5.74) is -2.26. The summed E-state index contributed by atoms with van der Waals surface area (Å²) >= 11 is 0. The van der Waals surface area contributed by atoms with Gasteiger partial charge in [-0.1, -0.05) is 46.3 Å². The Labute approximate surface area is 334 Å². The Morgan fingerprint density at radius 1 is 0.719 bits per heavy atom. The van der Waals surface area contributed by atoms with Crippen LogP contribution in [0.25, 0.3) is 0 Å².